The summed E-state index contributed by atoms with van der Waals surface area (Å²) in [6, 6.07) is 7.16. The topological polar surface area (TPSA) is 66.5 Å². The molecule has 1 aliphatic rings. The largest absolute Gasteiger partial charge is 0.301 e. The Bertz CT molecular complexity index is 623. The van der Waals surface area contributed by atoms with E-state index >= 15 is 0 Å². The summed E-state index contributed by atoms with van der Waals surface area (Å²) in [6.07, 6.45) is 5.66. The highest BCUT2D eigenvalue weighted by atomic mass is 32.2. The first-order valence-electron chi connectivity index (χ1n) is 7.55. The van der Waals surface area contributed by atoms with E-state index < -0.39 is 21.0 Å². The van der Waals surface area contributed by atoms with E-state index in [9.17, 15) is 12.6 Å². The Morgan fingerprint density at radius 3 is 2.55 bits per heavy atom. The minimum atomic E-state index is -3.51. The smallest absolute Gasteiger partial charge is 0.271 e. The molecule has 0 saturated heterocycles. The molecule has 0 heterocycles. The van der Waals surface area contributed by atoms with Gasteiger partial charge in [-0.1, -0.05) is 31.4 Å². The first-order valence-corrected chi connectivity index (χ1v) is 10.4. The molecule has 1 aliphatic carbocycles. The van der Waals surface area contributed by atoms with Gasteiger partial charge in [0.2, 0.25) is 0 Å². The van der Waals surface area contributed by atoms with Gasteiger partial charge < -0.3 is 0 Å². The Morgan fingerprint density at radius 1 is 1.23 bits per heavy atom. The van der Waals surface area contributed by atoms with Crippen LogP contribution in [-0.2, 0) is 26.8 Å². The molecule has 5 nitrogen and oxygen atoms in total. The van der Waals surface area contributed by atoms with Crippen LogP contribution in [0.3, 0.4) is 0 Å². The van der Waals surface area contributed by atoms with Crippen LogP contribution in [0, 0.1) is 0 Å². The lowest BCUT2D eigenvalue weighted by Gasteiger charge is -2.21. The van der Waals surface area contributed by atoms with E-state index in [0.717, 1.165) is 22.7 Å². The van der Waals surface area contributed by atoms with Crippen molar-refractivity contribution in [2.24, 2.45) is 0 Å². The Morgan fingerprint density at radius 2 is 1.91 bits per heavy atom. The van der Waals surface area contributed by atoms with Crippen molar-refractivity contribution in [1.82, 2.24) is 4.31 Å². The van der Waals surface area contributed by atoms with Crippen molar-refractivity contribution in [2.45, 2.75) is 43.1 Å². The zero-order valence-corrected chi connectivity index (χ0v) is 14.8. The van der Waals surface area contributed by atoms with Crippen LogP contribution in [0.4, 0.5) is 5.69 Å². The predicted molar refractivity (Wildman–Crippen MR) is 91.4 cm³/mol. The molecule has 0 amide bonds. The molecule has 22 heavy (non-hydrogen) atoms. The van der Waals surface area contributed by atoms with E-state index in [-0.39, 0.29) is 5.25 Å². The number of nitrogens with one attached hydrogen (secondary N) is 1. The molecule has 7 heteroatoms. The average Bonchev–Trinajstić information content (AvgIpc) is 2.48. The standard InChI is InChI=1S/C15H24N2O3S2/c1-17(2)22(19,20)16-14-8-6-7-13(11-14)12-21(18)15-9-4-3-5-10-15/h6-8,11,15-16H,3-5,9-10,12H2,1-2H3. The second-order valence-electron chi connectivity index (χ2n) is 5.87. The first kappa shape index (κ1) is 17.4. The van der Waals surface area contributed by atoms with E-state index in [1.807, 2.05) is 6.07 Å². The zero-order valence-electron chi connectivity index (χ0n) is 13.1. The Kier molecular flexibility index (Phi) is 6.00. The summed E-state index contributed by atoms with van der Waals surface area (Å²) in [5.41, 5.74) is 1.41. The van der Waals surface area contributed by atoms with Crippen LogP contribution in [0.15, 0.2) is 24.3 Å². The fourth-order valence-electron chi connectivity index (χ4n) is 2.57. The van der Waals surface area contributed by atoms with E-state index in [4.69, 9.17) is 0 Å². The number of hydrogen-bond donors (Lipinski definition) is 1. The maximum absolute atomic E-state index is 12.4. The van der Waals surface area contributed by atoms with Crippen molar-refractivity contribution in [1.29, 1.82) is 0 Å². The summed E-state index contributed by atoms with van der Waals surface area (Å²) < 4.78 is 39.7. The molecule has 1 aromatic carbocycles. The summed E-state index contributed by atoms with van der Waals surface area (Å²) >= 11 is 0. The molecule has 0 spiro atoms. The van der Waals surface area contributed by atoms with Crippen LogP contribution in [-0.4, -0.2) is 36.3 Å². The van der Waals surface area contributed by atoms with Gasteiger partial charge in [-0.05, 0) is 30.5 Å². The Balaban J connectivity index is 2.03. The van der Waals surface area contributed by atoms with E-state index in [2.05, 4.69) is 4.72 Å². The van der Waals surface area contributed by atoms with Crippen LogP contribution in [0.2, 0.25) is 0 Å². The third kappa shape index (κ3) is 4.79. The normalized spacial score (nSPS) is 18.3. The van der Waals surface area contributed by atoms with Gasteiger partial charge in [-0.15, -0.1) is 0 Å². The van der Waals surface area contributed by atoms with Crippen molar-refractivity contribution >= 4 is 26.7 Å². The van der Waals surface area contributed by atoms with Crippen molar-refractivity contribution in [2.75, 3.05) is 18.8 Å². The number of hydrogen-bond acceptors (Lipinski definition) is 3. The summed E-state index contributed by atoms with van der Waals surface area (Å²) in [4.78, 5) is 0. The third-order valence-electron chi connectivity index (χ3n) is 3.89. The molecular formula is C15H24N2O3S2. The highest BCUT2D eigenvalue weighted by Crippen LogP contribution is 2.24. The zero-order chi connectivity index (χ0) is 16.2. The molecule has 0 aromatic heterocycles. The van der Waals surface area contributed by atoms with Crippen molar-refractivity contribution in [3.05, 3.63) is 29.8 Å². The highest BCUT2D eigenvalue weighted by molar-refractivity contribution is 7.90. The molecule has 0 aliphatic heterocycles. The molecule has 124 valence electrons. The summed E-state index contributed by atoms with van der Waals surface area (Å²) in [7, 11) is -1.44. The van der Waals surface area contributed by atoms with Crippen LogP contribution in [0.25, 0.3) is 0 Å². The SMILES string of the molecule is CN(C)S(=O)(=O)Nc1cccc(CS(=O)C2CCCCC2)c1. The van der Waals surface area contributed by atoms with Crippen LogP contribution in [0.1, 0.15) is 37.7 Å². The number of benzene rings is 1. The Hall–Kier alpha value is -0.920. The van der Waals surface area contributed by atoms with Gasteiger partial charge in [0.1, 0.15) is 0 Å². The molecular weight excluding hydrogens is 320 g/mol. The first-order chi connectivity index (χ1) is 10.4. The molecule has 0 radical (unpaired) electrons. The van der Waals surface area contributed by atoms with Gasteiger partial charge in [-0.3, -0.25) is 8.93 Å². The molecule has 1 atom stereocenters. The van der Waals surface area contributed by atoms with Gasteiger partial charge in [0.25, 0.3) is 0 Å². The van der Waals surface area contributed by atoms with Gasteiger partial charge in [-0.25, -0.2) is 0 Å². The lowest BCUT2D eigenvalue weighted by Crippen LogP contribution is -2.28. The molecule has 1 unspecified atom stereocenters. The van der Waals surface area contributed by atoms with Crippen molar-refractivity contribution < 1.29 is 12.6 Å². The molecule has 2 rings (SSSR count). The van der Waals surface area contributed by atoms with Crippen LogP contribution >= 0.6 is 0 Å². The molecule has 1 fully saturated rings. The molecule has 1 aromatic rings. The highest BCUT2D eigenvalue weighted by Gasteiger charge is 2.20. The van der Waals surface area contributed by atoms with Crippen molar-refractivity contribution in [3.63, 3.8) is 0 Å². The molecule has 1 saturated carbocycles. The van der Waals surface area contributed by atoms with Crippen LogP contribution in [0.5, 0.6) is 0 Å². The molecule has 1 N–H and O–H groups in total. The summed E-state index contributed by atoms with van der Waals surface area (Å²) in [5.74, 6) is 0.488. The summed E-state index contributed by atoms with van der Waals surface area (Å²) in [6.45, 7) is 0. The quantitative estimate of drug-likeness (QED) is 0.862. The fourth-order valence-corrected chi connectivity index (χ4v) is 4.79. The average molecular weight is 345 g/mol. The van der Waals surface area contributed by atoms with Crippen molar-refractivity contribution in [3.8, 4) is 0 Å². The van der Waals surface area contributed by atoms with E-state index in [1.54, 1.807) is 18.2 Å². The number of rotatable bonds is 6. The minimum Gasteiger partial charge on any atom is -0.271 e. The van der Waals surface area contributed by atoms with Gasteiger partial charge >= 0.3 is 10.2 Å². The number of anilines is 1. The monoisotopic (exact) mass is 344 g/mol. The third-order valence-corrected chi connectivity index (χ3v) is 7.18. The van der Waals surface area contributed by atoms with Gasteiger partial charge in [0.15, 0.2) is 0 Å². The fraction of sp³-hybridized carbons (Fsp3) is 0.600. The summed E-state index contributed by atoms with van der Waals surface area (Å²) in [5, 5.41) is 0.288. The van der Waals surface area contributed by atoms with Gasteiger partial charge in [0, 0.05) is 35.9 Å². The number of nitrogens with zero attached hydrogens (tertiary/aromatic N) is 1. The van der Waals surface area contributed by atoms with E-state index in [0.29, 0.717) is 11.4 Å². The lowest BCUT2D eigenvalue weighted by atomic mass is 10.0. The van der Waals surface area contributed by atoms with Gasteiger partial charge in [-0.2, -0.15) is 12.7 Å². The Labute approximate surface area is 135 Å². The van der Waals surface area contributed by atoms with E-state index in [1.165, 1.54) is 33.4 Å². The van der Waals surface area contributed by atoms with Crippen LogP contribution < -0.4 is 4.72 Å². The maximum Gasteiger partial charge on any atom is 0.301 e. The second-order valence-corrected chi connectivity index (χ2v) is 9.48. The van der Waals surface area contributed by atoms with Gasteiger partial charge in [0.05, 0.1) is 5.69 Å². The second kappa shape index (κ2) is 7.57. The predicted octanol–water partition coefficient (Wildman–Crippen LogP) is 2.49. The lowest BCUT2D eigenvalue weighted by molar-refractivity contribution is 0.504. The maximum atomic E-state index is 12.4. The molecule has 0 bridgehead atoms. The minimum absolute atomic E-state index is 0.288.